The van der Waals surface area contributed by atoms with E-state index in [0.717, 1.165) is 11.3 Å². The smallest absolute Gasteiger partial charge is 0.261 e. The second-order valence-electron chi connectivity index (χ2n) is 5.77. The first-order valence-electron chi connectivity index (χ1n) is 6.25. The summed E-state index contributed by atoms with van der Waals surface area (Å²) in [5.41, 5.74) is 1.99. The summed E-state index contributed by atoms with van der Waals surface area (Å²) < 4.78 is 5.70. The van der Waals surface area contributed by atoms with E-state index in [4.69, 9.17) is 4.74 Å². The summed E-state index contributed by atoms with van der Waals surface area (Å²) in [6, 6.07) is 5.94. The van der Waals surface area contributed by atoms with Crippen molar-refractivity contribution in [2.24, 2.45) is 0 Å². The van der Waals surface area contributed by atoms with Crippen LogP contribution in [0.4, 0.5) is 0 Å². The van der Waals surface area contributed by atoms with Crippen LogP contribution >= 0.6 is 0 Å². The van der Waals surface area contributed by atoms with Crippen molar-refractivity contribution in [1.29, 1.82) is 0 Å². The molecule has 0 bridgehead atoms. The Hall–Kier alpha value is -1.51. The summed E-state index contributed by atoms with van der Waals surface area (Å²) in [6.45, 7) is 11.6. The summed E-state index contributed by atoms with van der Waals surface area (Å²) >= 11 is 0. The third-order valence-corrected chi connectivity index (χ3v) is 2.50. The minimum absolute atomic E-state index is 0.0949. The quantitative estimate of drug-likeness (QED) is 0.894. The van der Waals surface area contributed by atoms with Gasteiger partial charge in [0.1, 0.15) is 5.75 Å². The lowest BCUT2D eigenvalue weighted by Crippen LogP contribution is -2.46. The number of rotatable bonds is 3. The summed E-state index contributed by atoms with van der Waals surface area (Å²) in [4.78, 5) is 11.9. The highest BCUT2D eigenvalue weighted by Gasteiger charge is 2.20. The zero-order valence-electron chi connectivity index (χ0n) is 12.1. The van der Waals surface area contributed by atoms with Gasteiger partial charge in [0.05, 0.1) is 0 Å². The monoisotopic (exact) mass is 249 g/mol. The molecule has 1 aromatic carbocycles. The second-order valence-corrected chi connectivity index (χ2v) is 5.77. The van der Waals surface area contributed by atoms with E-state index >= 15 is 0 Å². The highest BCUT2D eigenvalue weighted by molar-refractivity contribution is 5.81. The van der Waals surface area contributed by atoms with E-state index in [0.29, 0.717) is 0 Å². The number of ether oxygens (including phenoxy) is 1. The van der Waals surface area contributed by atoms with E-state index in [1.54, 1.807) is 6.92 Å². The maximum absolute atomic E-state index is 11.9. The first-order valence-corrected chi connectivity index (χ1v) is 6.25. The molecule has 0 aliphatic heterocycles. The largest absolute Gasteiger partial charge is 0.481 e. The molecule has 3 heteroatoms. The Morgan fingerprint density at radius 3 is 2.39 bits per heavy atom. The predicted molar refractivity (Wildman–Crippen MR) is 73.9 cm³/mol. The van der Waals surface area contributed by atoms with E-state index in [9.17, 15) is 4.79 Å². The van der Waals surface area contributed by atoms with E-state index in [2.05, 4.69) is 5.32 Å². The number of hydrogen-bond acceptors (Lipinski definition) is 2. The lowest BCUT2D eigenvalue weighted by molar-refractivity contribution is -0.128. The van der Waals surface area contributed by atoms with Crippen LogP contribution in [0.15, 0.2) is 18.2 Å². The van der Waals surface area contributed by atoms with Crippen LogP contribution in [0.3, 0.4) is 0 Å². The fourth-order valence-electron chi connectivity index (χ4n) is 1.65. The molecule has 3 nitrogen and oxygen atoms in total. The van der Waals surface area contributed by atoms with Crippen LogP contribution in [-0.4, -0.2) is 17.6 Å². The third-order valence-electron chi connectivity index (χ3n) is 2.50. The molecule has 0 saturated heterocycles. The van der Waals surface area contributed by atoms with Crippen molar-refractivity contribution in [2.45, 2.75) is 53.2 Å². The van der Waals surface area contributed by atoms with Gasteiger partial charge in [0.25, 0.3) is 5.91 Å². The van der Waals surface area contributed by atoms with Gasteiger partial charge < -0.3 is 10.1 Å². The van der Waals surface area contributed by atoms with Crippen LogP contribution < -0.4 is 10.1 Å². The maximum atomic E-state index is 11.9. The Kier molecular flexibility index (Phi) is 4.38. The number of benzene rings is 1. The van der Waals surface area contributed by atoms with Gasteiger partial charge in [0, 0.05) is 5.54 Å². The zero-order valence-corrected chi connectivity index (χ0v) is 12.1. The second kappa shape index (κ2) is 5.42. The zero-order chi connectivity index (χ0) is 13.9. The van der Waals surface area contributed by atoms with Crippen LogP contribution in [-0.2, 0) is 4.79 Å². The molecule has 1 amide bonds. The molecule has 0 saturated carbocycles. The lowest BCUT2D eigenvalue weighted by atomic mass is 10.1. The summed E-state index contributed by atoms with van der Waals surface area (Å²) in [5, 5.41) is 2.91. The normalized spacial score (nSPS) is 13.0. The molecule has 0 aliphatic carbocycles. The lowest BCUT2D eigenvalue weighted by Gasteiger charge is -2.24. The average Bonchev–Trinajstić information content (AvgIpc) is 2.19. The molecule has 18 heavy (non-hydrogen) atoms. The minimum Gasteiger partial charge on any atom is -0.481 e. The molecule has 0 aliphatic rings. The molecule has 1 N–H and O–H groups in total. The van der Waals surface area contributed by atoms with Crippen molar-refractivity contribution in [2.75, 3.05) is 0 Å². The molecule has 1 rings (SSSR count). The number of hydrogen-bond donors (Lipinski definition) is 1. The van der Waals surface area contributed by atoms with Crippen molar-refractivity contribution >= 4 is 5.91 Å². The van der Waals surface area contributed by atoms with E-state index in [-0.39, 0.29) is 11.4 Å². The van der Waals surface area contributed by atoms with E-state index in [1.807, 2.05) is 52.8 Å². The van der Waals surface area contributed by atoms with Crippen molar-refractivity contribution in [3.8, 4) is 5.75 Å². The number of amides is 1. The van der Waals surface area contributed by atoms with Crippen LogP contribution in [0.1, 0.15) is 38.8 Å². The minimum atomic E-state index is -0.495. The van der Waals surface area contributed by atoms with Gasteiger partial charge in [-0.05, 0) is 53.2 Å². The van der Waals surface area contributed by atoms with Crippen LogP contribution in [0.5, 0.6) is 5.75 Å². The fraction of sp³-hybridized carbons (Fsp3) is 0.533. The highest BCUT2D eigenvalue weighted by atomic mass is 16.5. The first-order chi connectivity index (χ1) is 8.19. The SMILES string of the molecule is Cc1ccc(O[C@H](C)C(=O)NC(C)(C)C)c(C)c1. The van der Waals surface area contributed by atoms with Gasteiger partial charge in [-0.3, -0.25) is 4.79 Å². The molecule has 0 radical (unpaired) electrons. The Bertz CT molecular complexity index is 433. The van der Waals surface area contributed by atoms with Crippen molar-refractivity contribution < 1.29 is 9.53 Å². The van der Waals surface area contributed by atoms with Crippen LogP contribution in [0.2, 0.25) is 0 Å². The molecule has 0 spiro atoms. The van der Waals surface area contributed by atoms with Crippen LogP contribution in [0, 0.1) is 13.8 Å². The fourth-order valence-corrected chi connectivity index (χ4v) is 1.65. The van der Waals surface area contributed by atoms with Crippen molar-refractivity contribution in [3.63, 3.8) is 0 Å². The molecule has 1 atom stereocenters. The Morgan fingerprint density at radius 1 is 1.28 bits per heavy atom. The number of nitrogens with one attached hydrogen (secondary N) is 1. The van der Waals surface area contributed by atoms with Gasteiger partial charge in [0.2, 0.25) is 0 Å². The van der Waals surface area contributed by atoms with Gasteiger partial charge in [-0.2, -0.15) is 0 Å². The van der Waals surface area contributed by atoms with Gasteiger partial charge in [0.15, 0.2) is 6.10 Å². The number of aryl methyl sites for hydroxylation is 2. The van der Waals surface area contributed by atoms with Gasteiger partial charge in [-0.15, -0.1) is 0 Å². The van der Waals surface area contributed by atoms with Crippen molar-refractivity contribution in [3.05, 3.63) is 29.3 Å². The molecular weight excluding hydrogens is 226 g/mol. The van der Waals surface area contributed by atoms with Crippen molar-refractivity contribution in [1.82, 2.24) is 5.32 Å². The highest BCUT2D eigenvalue weighted by Crippen LogP contribution is 2.20. The first kappa shape index (κ1) is 14.6. The van der Waals surface area contributed by atoms with E-state index < -0.39 is 6.10 Å². The van der Waals surface area contributed by atoms with Gasteiger partial charge in [-0.25, -0.2) is 0 Å². The number of carbonyl (C=O) groups excluding carboxylic acids is 1. The Balaban J connectivity index is 2.69. The average molecular weight is 249 g/mol. The molecule has 0 fully saturated rings. The molecule has 0 unspecified atom stereocenters. The van der Waals surface area contributed by atoms with E-state index in [1.165, 1.54) is 5.56 Å². The summed E-state index contributed by atoms with van der Waals surface area (Å²) in [6.07, 6.45) is -0.495. The summed E-state index contributed by atoms with van der Waals surface area (Å²) in [5.74, 6) is 0.666. The Morgan fingerprint density at radius 2 is 1.89 bits per heavy atom. The molecular formula is C15H23NO2. The van der Waals surface area contributed by atoms with Crippen LogP contribution in [0.25, 0.3) is 0 Å². The van der Waals surface area contributed by atoms with Gasteiger partial charge in [-0.1, -0.05) is 17.7 Å². The number of carbonyl (C=O) groups is 1. The molecule has 0 heterocycles. The molecule has 100 valence electrons. The third kappa shape index (κ3) is 4.40. The maximum Gasteiger partial charge on any atom is 0.261 e. The topological polar surface area (TPSA) is 38.3 Å². The van der Waals surface area contributed by atoms with Gasteiger partial charge >= 0.3 is 0 Å². The molecule has 0 aromatic heterocycles. The summed E-state index contributed by atoms with van der Waals surface area (Å²) in [7, 11) is 0. The standard InChI is InChI=1S/C15H23NO2/c1-10-7-8-13(11(2)9-10)18-12(3)14(17)16-15(4,5)6/h7-9,12H,1-6H3,(H,16,17)/t12-/m1/s1. The molecule has 1 aromatic rings. The predicted octanol–water partition coefficient (Wildman–Crippen LogP) is 2.99. The Labute approximate surface area is 110 Å².